The average molecular weight is 569 g/mol. The summed E-state index contributed by atoms with van der Waals surface area (Å²) < 4.78 is 37.1. The minimum absolute atomic E-state index is 0.103. The molecule has 0 N–H and O–H groups in total. The molecule has 1 fully saturated rings. The number of esters is 1. The quantitative estimate of drug-likeness (QED) is 0.187. The summed E-state index contributed by atoms with van der Waals surface area (Å²) >= 11 is 0. The van der Waals surface area contributed by atoms with E-state index in [9.17, 15) is 4.79 Å². The van der Waals surface area contributed by atoms with Crippen molar-refractivity contribution in [2.45, 2.75) is 57.1 Å². The third-order valence-corrected chi connectivity index (χ3v) is 7.04. The second kappa shape index (κ2) is 15.4. The minimum atomic E-state index is -1.11. The van der Waals surface area contributed by atoms with E-state index in [1.165, 1.54) is 7.11 Å². The lowest BCUT2D eigenvalue weighted by molar-refractivity contribution is -0.315. The molecule has 0 aromatic heterocycles. The lowest BCUT2D eigenvalue weighted by Crippen LogP contribution is -2.62. The molecule has 42 heavy (non-hydrogen) atoms. The van der Waals surface area contributed by atoms with Crippen LogP contribution in [-0.2, 0) is 59.6 Å². The van der Waals surface area contributed by atoms with Crippen molar-refractivity contribution in [3.05, 3.63) is 144 Å². The Balaban J connectivity index is 1.42. The maximum atomic E-state index is 13.6. The number of rotatable bonds is 13. The molecule has 5 rings (SSSR count). The van der Waals surface area contributed by atoms with Crippen LogP contribution in [0.5, 0.6) is 0 Å². The van der Waals surface area contributed by atoms with Gasteiger partial charge in [-0.05, 0) is 22.3 Å². The highest BCUT2D eigenvalue weighted by molar-refractivity contribution is 5.76. The number of methoxy groups -OCH3 is 1. The van der Waals surface area contributed by atoms with Crippen molar-refractivity contribution in [2.24, 2.45) is 0 Å². The first-order valence-corrected chi connectivity index (χ1v) is 14.1. The van der Waals surface area contributed by atoms with E-state index in [1.54, 1.807) is 0 Å². The van der Waals surface area contributed by atoms with E-state index in [-0.39, 0.29) is 19.8 Å². The zero-order valence-electron chi connectivity index (χ0n) is 23.6. The molecule has 0 unspecified atom stereocenters. The van der Waals surface area contributed by atoms with Crippen LogP contribution in [0.1, 0.15) is 22.3 Å². The number of carbonyl (C=O) groups is 1. The highest BCUT2D eigenvalue weighted by atomic mass is 16.7. The van der Waals surface area contributed by atoms with Crippen molar-refractivity contribution in [2.75, 3.05) is 7.11 Å². The van der Waals surface area contributed by atoms with Crippen LogP contribution < -0.4 is 0 Å². The van der Waals surface area contributed by atoms with Gasteiger partial charge in [0.25, 0.3) is 0 Å². The predicted octanol–water partition coefficient (Wildman–Crippen LogP) is 5.86. The molecular formula is C35H36O7. The first kappa shape index (κ1) is 29.6. The smallest absolute Gasteiger partial charge is 0.338 e. The average Bonchev–Trinajstić information content (AvgIpc) is 3.06. The summed E-state index contributed by atoms with van der Waals surface area (Å²) in [7, 11) is 1.52. The van der Waals surface area contributed by atoms with Gasteiger partial charge in [-0.15, -0.1) is 0 Å². The van der Waals surface area contributed by atoms with Crippen molar-refractivity contribution in [1.29, 1.82) is 0 Å². The fourth-order valence-corrected chi connectivity index (χ4v) is 4.85. The summed E-state index contributed by atoms with van der Waals surface area (Å²) in [5.41, 5.74) is 3.78. The van der Waals surface area contributed by atoms with Crippen LogP contribution in [-0.4, -0.2) is 43.8 Å². The first-order chi connectivity index (χ1) is 20.7. The highest BCUT2D eigenvalue weighted by Crippen LogP contribution is 2.31. The molecule has 218 valence electrons. The summed E-state index contributed by atoms with van der Waals surface area (Å²) in [6.07, 6.45) is -4.27. The van der Waals surface area contributed by atoms with E-state index in [2.05, 4.69) is 0 Å². The van der Waals surface area contributed by atoms with E-state index >= 15 is 0 Å². The van der Waals surface area contributed by atoms with Crippen LogP contribution in [0.15, 0.2) is 121 Å². The highest BCUT2D eigenvalue weighted by Gasteiger charge is 2.52. The van der Waals surface area contributed by atoms with Crippen LogP contribution >= 0.6 is 0 Å². The number of benzene rings is 4. The molecule has 1 saturated heterocycles. The summed E-state index contributed by atoms with van der Waals surface area (Å²) in [6, 6.07) is 38.9. The molecule has 7 heteroatoms. The standard InChI is InChI=1S/C35H36O7/c1-37-35-33(40-24-28-18-10-4-11-19-28)31(39-23-27-16-8-3-9-17-27)30(38-22-26-14-6-2-7-15-26)32(42-35)34(36)41-25-29-20-12-5-13-21-29/h2-21,30-33,35H,22-25H2,1H3/t30-,31+,32+,33-,35-/m0/s1. The van der Waals surface area contributed by atoms with Crippen LogP contribution in [0.4, 0.5) is 0 Å². The Bertz CT molecular complexity index is 1340. The molecule has 4 aromatic rings. The number of hydrogen-bond acceptors (Lipinski definition) is 7. The summed E-state index contributed by atoms with van der Waals surface area (Å²) in [5, 5.41) is 0. The fraction of sp³-hybridized carbons (Fsp3) is 0.286. The van der Waals surface area contributed by atoms with Gasteiger partial charge in [-0.2, -0.15) is 0 Å². The number of hydrogen-bond donors (Lipinski definition) is 0. The van der Waals surface area contributed by atoms with Gasteiger partial charge in [-0.25, -0.2) is 4.79 Å². The monoisotopic (exact) mass is 568 g/mol. The maximum absolute atomic E-state index is 13.6. The lowest BCUT2D eigenvalue weighted by atomic mass is 9.97. The largest absolute Gasteiger partial charge is 0.459 e. The Morgan fingerprint density at radius 3 is 1.36 bits per heavy atom. The Hall–Kier alpha value is -3.85. The topological polar surface area (TPSA) is 72.5 Å². The van der Waals surface area contributed by atoms with Gasteiger partial charge in [0.2, 0.25) is 0 Å². The Kier molecular flexibility index (Phi) is 10.9. The maximum Gasteiger partial charge on any atom is 0.338 e. The molecule has 0 spiro atoms. The molecule has 7 nitrogen and oxygen atoms in total. The van der Waals surface area contributed by atoms with Gasteiger partial charge in [-0.1, -0.05) is 121 Å². The first-order valence-electron chi connectivity index (χ1n) is 14.1. The van der Waals surface area contributed by atoms with Crippen molar-refractivity contribution >= 4 is 5.97 Å². The molecule has 0 radical (unpaired) electrons. The number of carbonyl (C=O) groups excluding carboxylic acids is 1. The zero-order valence-corrected chi connectivity index (χ0v) is 23.6. The fourth-order valence-electron chi connectivity index (χ4n) is 4.85. The van der Waals surface area contributed by atoms with Gasteiger partial charge in [0, 0.05) is 7.11 Å². The van der Waals surface area contributed by atoms with Gasteiger partial charge in [-0.3, -0.25) is 0 Å². The summed E-state index contributed by atoms with van der Waals surface area (Å²) in [6.45, 7) is 0.927. The SMILES string of the molecule is CO[C@H]1O[C@@H](C(=O)OCc2ccccc2)[C@@H](OCc2ccccc2)[C@@H](OCc2ccccc2)[C@@H]1OCc1ccccc1. The van der Waals surface area contributed by atoms with Crippen LogP contribution in [0.25, 0.3) is 0 Å². The van der Waals surface area contributed by atoms with Crippen LogP contribution in [0.3, 0.4) is 0 Å². The normalized spacial score (nSPS) is 22.0. The van der Waals surface area contributed by atoms with Gasteiger partial charge >= 0.3 is 5.97 Å². The summed E-state index contributed by atoms with van der Waals surface area (Å²) in [4.78, 5) is 13.6. The van der Waals surface area contributed by atoms with Crippen molar-refractivity contribution in [3.63, 3.8) is 0 Å². The van der Waals surface area contributed by atoms with Gasteiger partial charge < -0.3 is 28.4 Å². The lowest BCUT2D eigenvalue weighted by Gasteiger charge is -2.44. The Labute approximate surface area is 246 Å². The van der Waals surface area contributed by atoms with Crippen molar-refractivity contribution < 1.29 is 33.2 Å². The molecule has 1 aliphatic rings. The second-order valence-electron chi connectivity index (χ2n) is 10.0. The van der Waals surface area contributed by atoms with E-state index in [0.717, 1.165) is 22.3 Å². The molecule has 5 atom stereocenters. The third kappa shape index (κ3) is 8.12. The second-order valence-corrected chi connectivity index (χ2v) is 10.0. The van der Waals surface area contributed by atoms with E-state index in [4.69, 9.17) is 28.4 Å². The molecule has 4 aromatic carbocycles. The molecule has 1 aliphatic heterocycles. The number of ether oxygens (including phenoxy) is 6. The van der Waals surface area contributed by atoms with Crippen LogP contribution in [0, 0.1) is 0 Å². The molecule has 0 saturated carbocycles. The Morgan fingerprint density at radius 2 is 0.929 bits per heavy atom. The summed E-state index contributed by atoms with van der Waals surface area (Å²) in [5.74, 6) is -0.561. The van der Waals surface area contributed by atoms with Gasteiger partial charge in [0.15, 0.2) is 12.4 Å². The minimum Gasteiger partial charge on any atom is -0.459 e. The molecule has 1 heterocycles. The van der Waals surface area contributed by atoms with Crippen LogP contribution in [0.2, 0.25) is 0 Å². The van der Waals surface area contributed by atoms with E-state index in [0.29, 0.717) is 6.61 Å². The van der Waals surface area contributed by atoms with Crippen molar-refractivity contribution in [3.8, 4) is 0 Å². The third-order valence-electron chi connectivity index (χ3n) is 7.04. The predicted molar refractivity (Wildman–Crippen MR) is 157 cm³/mol. The molecule has 0 bridgehead atoms. The van der Waals surface area contributed by atoms with E-state index < -0.39 is 36.7 Å². The van der Waals surface area contributed by atoms with Gasteiger partial charge in [0.05, 0.1) is 19.8 Å². The zero-order chi connectivity index (χ0) is 29.0. The van der Waals surface area contributed by atoms with E-state index in [1.807, 2.05) is 121 Å². The molecular weight excluding hydrogens is 532 g/mol. The molecule has 0 amide bonds. The molecule has 0 aliphatic carbocycles. The van der Waals surface area contributed by atoms with Gasteiger partial charge in [0.1, 0.15) is 24.9 Å². The van der Waals surface area contributed by atoms with Crippen molar-refractivity contribution in [1.82, 2.24) is 0 Å². The Morgan fingerprint density at radius 1 is 0.548 bits per heavy atom.